The van der Waals surface area contributed by atoms with Gasteiger partial charge < -0.3 is 15.4 Å². The Bertz CT molecular complexity index is 2350. The fraction of sp³-hybridized carbons (Fsp3) is 0.342. The van der Waals surface area contributed by atoms with Crippen LogP contribution in [0.2, 0.25) is 5.02 Å². The summed E-state index contributed by atoms with van der Waals surface area (Å²) < 4.78 is 8.47. The van der Waals surface area contributed by atoms with Gasteiger partial charge in [-0.1, -0.05) is 41.9 Å². The van der Waals surface area contributed by atoms with Gasteiger partial charge >= 0.3 is 5.69 Å². The molecular weight excluding hydrogens is 654 g/mol. The number of amides is 1. The SMILES string of the molecule is COc1nc(-c2cccc(-c3cccc(Nc4nccc5c4c(=O)n(C)c(=O)n5C)c3C)c2Cl)cc2c1C(N1CCC3(CCC(=O)N3)C1)CC2. The molecule has 11 nitrogen and oxygen atoms in total. The van der Waals surface area contributed by atoms with Gasteiger partial charge in [0.05, 0.1) is 28.9 Å². The molecule has 1 aliphatic carbocycles. The molecule has 12 heteroatoms. The van der Waals surface area contributed by atoms with Crippen LogP contribution in [0.5, 0.6) is 5.88 Å². The van der Waals surface area contributed by atoms with Gasteiger partial charge in [-0.2, -0.15) is 0 Å². The molecule has 5 heterocycles. The van der Waals surface area contributed by atoms with E-state index in [2.05, 4.69) is 26.6 Å². The van der Waals surface area contributed by atoms with Crippen LogP contribution in [0.1, 0.15) is 48.4 Å². The summed E-state index contributed by atoms with van der Waals surface area (Å²) in [6.07, 6.45) is 5.93. The van der Waals surface area contributed by atoms with Crippen LogP contribution in [0.15, 0.2) is 64.3 Å². The summed E-state index contributed by atoms with van der Waals surface area (Å²) in [5.41, 5.74) is 6.90. The van der Waals surface area contributed by atoms with Gasteiger partial charge in [0.25, 0.3) is 5.56 Å². The topological polar surface area (TPSA) is 123 Å². The number of anilines is 2. The molecule has 3 aliphatic rings. The minimum atomic E-state index is -0.418. The number of pyridine rings is 2. The van der Waals surface area contributed by atoms with Gasteiger partial charge in [-0.05, 0) is 67.5 Å². The highest BCUT2D eigenvalue weighted by Gasteiger charge is 2.46. The molecule has 2 unspecified atom stereocenters. The van der Waals surface area contributed by atoms with E-state index in [0.717, 1.165) is 82.5 Å². The van der Waals surface area contributed by atoms with Gasteiger partial charge in [0.2, 0.25) is 11.8 Å². The van der Waals surface area contributed by atoms with Crippen molar-refractivity contribution >= 4 is 39.9 Å². The maximum atomic E-state index is 13.2. The Labute approximate surface area is 293 Å². The number of nitrogens with one attached hydrogen (secondary N) is 2. The zero-order valence-corrected chi connectivity index (χ0v) is 29.2. The molecule has 256 valence electrons. The quantitative estimate of drug-likeness (QED) is 0.242. The van der Waals surface area contributed by atoms with E-state index in [1.807, 2.05) is 43.3 Å². The first-order valence-electron chi connectivity index (χ1n) is 16.9. The normalized spacial score (nSPS) is 20.1. The number of rotatable bonds is 6. The Kier molecular flexibility index (Phi) is 7.80. The van der Waals surface area contributed by atoms with Crippen molar-refractivity contribution < 1.29 is 9.53 Å². The molecule has 3 aromatic heterocycles. The Morgan fingerprint density at radius 2 is 1.78 bits per heavy atom. The van der Waals surface area contributed by atoms with Crippen molar-refractivity contribution in [2.24, 2.45) is 14.1 Å². The molecule has 2 saturated heterocycles. The molecule has 2 aromatic carbocycles. The van der Waals surface area contributed by atoms with Crippen LogP contribution in [0.4, 0.5) is 11.5 Å². The highest BCUT2D eigenvalue weighted by atomic mass is 35.5. The zero-order chi connectivity index (χ0) is 34.9. The number of likely N-dealkylation sites (tertiary alicyclic amines) is 1. The predicted octanol–water partition coefficient (Wildman–Crippen LogP) is 5.42. The van der Waals surface area contributed by atoms with Gasteiger partial charge in [0.15, 0.2) is 0 Å². The Hall–Kier alpha value is -5.00. The average molecular weight is 692 g/mol. The number of benzene rings is 2. The first kappa shape index (κ1) is 32.2. The number of hydrogen-bond acceptors (Lipinski definition) is 8. The predicted molar refractivity (Wildman–Crippen MR) is 194 cm³/mol. The average Bonchev–Trinajstić information content (AvgIpc) is 3.84. The van der Waals surface area contributed by atoms with Gasteiger partial charge in [-0.25, -0.2) is 14.8 Å². The monoisotopic (exact) mass is 691 g/mol. The number of aromatic nitrogens is 4. The standard InChI is InChI=1S/C38H38ClN7O4/c1-21-23(7-6-10-26(21)41-34-32-28(14-17-40-34)44(2)37(49)45(3)36(32)48)24-8-5-9-25(33(24)39)27-19-22-11-12-29(31(22)35(42-27)50-4)46-18-16-38(20-46)15-13-30(47)43-38/h5-10,14,17,19,29H,11-13,15-16,18,20H2,1-4H3,(H,40,41)(H,43,47). The molecule has 0 bridgehead atoms. The van der Waals surface area contributed by atoms with Gasteiger partial charge in [-0.15, -0.1) is 0 Å². The van der Waals surface area contributed by atoms with Crippen LogP contribution in [0.25, 0.3) is 33.3 Å². The summed E-state index contributed by atoms with van der Waals surface area (Å²) >= 11 is 7.24. The number of methoxy groups -OCH3 is 1. The Morgan fingerprint density at radius 1 is 1.00 bits per heavy atom. The minimum absolute atomic E-state index is 0.109. The second kappa shape index (κ2) is 12.1. The summed E-state index contributed by atoms with van der Waals surface area (Å²) in [7, 11) is 4.77. The highest BCUT2D eigenvalue weighted by molar-refractivity contribution is 6.36. The maximum Gasteiger partial charge on any atom is 0.330 e. The largest absolute Gasteiger partial charge is 0.481 e. The van der Waals surface area contributed by atoms with Crippen molar-refractivity contribution in [1.82, 2.24) is 29.3 Å². The molecule has 0 saturated carbocycles. The van der Waals surface area contributed by atoms with Crippen molar-refractivity contribution in [2.45, 2.75) is 50.6 Å². The summed E-state index contributed by atoms with van der Waals surface area (Å²) in [5, 5.41) is 7.51. The number of ether oxygens (including phenoxy) is 1. The molecule has 1 amide bonds. The zero-order valence-electron chi connectivity index (χ0n) is 28.5. The van der Waals surface area contributed by atoms with E-state index in [1.54, 1.807) is 26.4 Å². The fourth-order valence-electron chi connectivity index (χ4n) is 8.24. The number of halogens is 1. The Balaban J connectivity index is 1.13. The van der Waals surface area contributed by atoms with E-state index in [4.69, 9.17) is 21.3 Å². The molecule has 2 fully saturated rings. The van der Waals surface area contributed by atoms with Gasteiger partial charge in [0, 0.05) is 68.2 Å². The molecule has 8 rings (SSSR count). The molecule has 5 aromatic rings. The van der Waals surface area contributed by atoms with Crippen molar-refractivity contribution in [3.05, 3.63) is 97.3 Å². The highest BCUT2D eigenvalue weighted by Crippen LogP contribution is 2.47. The van der Waals surface area contributed by atoms with Crippen LogP contribution >= 0.6 is 11.6 Å². The lowest BCUT2D eigenvalue weighted by Gasteiger charge is -2.28. The number of nitrogens with zero attached hydrogens (tertiary/aromatic N) is 5. The van der Waals surface area contributed by atoms with Crippen LogP contribution in [0.3, 0.4) is 0 Å². The molecule has 2 N–H and O–H groups in total. The number of aryl methyl sites for hydroxylation is 2. The second-order valence-electron chi connectivity index (χ2n) is 13.7. The lowest BCUT2D eigenvalue weighted by atomic mass is 9.96. The van der Waals surface area contributed by atoms with Crippen molar-refractivity contribution in [2.75, 3.05) is 25.5 Å². The molecule has 50 heavy (non-hydrogen) atoms. The maximum absolute atomic E-state index is 13.2. The number of carbonyl (C=O) groups excluding carboxylic acids is 1. The number of carbonyl (C=O) groups is 1. The van der Waals surface area contributed by atoms with E-state index in [0.29, 0.717) is 34.0 Å². The van der Waals surface area contributed by atoms with Crippen molar-refractivity contribution in [3.63, 3.8) is 0 Å². The third-order valence-electron chi connectivity index (χ3n) is 10.9. The summed E-state index contributed by atoms with van der Waals surface area (Å²) in [6, 6.07) is 15.8. The van der Waals surface area contributed by atoms with Crippen LogP contribution < -0.4 is 26.6 Å². The number of hydrogen-bond donors (Lipinski definition) is 2. The third kappa shape index (κ3) is 5.10. The summed E-state index contributed by atoms with van der Waals surface area (Å²) in [6.45, 7) is 3.78. The van der Waals surface area contributed by atoms with Crippen LogP contribution in [-0.2, 0) is 25.3 Å². The lowest BCUT2D eigenvalue weighted by Crippen LogP contribution is -2.44. The molecular formula is C38H38ClN7O4. The van der Waals surface area contributed by atoms with Crippen LogP contribution in [0, 0.1) is 6.92 Å². The molecule has 2 atom stereocenters. The number of fused-ring (bicyclic) bond motifs is 2. The molecule has 0 radical (unpaired) electrons. The van der Waals surface area contributed by atoms with Crippen LogP contribution in [-0.4, -0.2) is 55.6 Å². The van der Waals surface area contributed by atoms with Crippen molar-refractivity contribution in [3.8, 4) is 28.3 Å². The molecule has 1 spiro atoms. The summed E-state index contributed by atoms with van der Waals surface area (Å²) in [5.74, 6) is 1.14. The van der Waals surface area contributed by atoms with Gasteiger partial charge in [0.1, 0.15) is 11.2 Å². The smallest absolute Gasteiger partial charge is 0.330 e. The van der Waals surface area contributed by atoms with E-state index in [-0.39, 0.29) is 17.5 Å². The van der Waals surface area contributed by atoms with E-state index < -0.39 is 11.2 Å². The second-order valence-corrected chi connectivity index (χ2v) is 14.1. The fourth-order valence-corrected chi connectivity index (χ4v) is 8.56. The lowest BCUT2D eigenvalue weighted by molar-refractivity contribution is -0.119. The van der Waals surface area contributed by atoms with E-state index in [1.165, 1.54) is 17.2 Å². The first-order valence-corrected chi connectivity index (χ1v) is 17.3. The Morgan fingerprint density at radius 3 is 2.56 bits per heavy atom. The summed E-state index contributed by atoms with van der Waals surface area (Å²) in [4.78, 5) is 49.8. The van der Waals surface area contributed by atoms with E-state index in [9.17, 15) is 14.4 Å². The van der Waals surface area contributed by atoms with Crippen molar-refractivity contribution in [1.29, 1.82) is 0 Å². The van der Waals surface area contributed by atoms with E-state index >= 15 is 0 Å². The molecule has 2 aliphatic heterocycles. The first-order chi connectivity index (χ1) is 24.1. The van der Waals surface area contributed by atoms with Gasteiger partial charge in [-0.3, -0.25) is 23.6 Å². The minimum Gasteiger partial charge on any atom is -0.481 e. The third-order valence-corrected chi connectivity index (χ3v) is 11.3.